The lowest BCUT2D eigenvalue weighted by Gasteiger charge is -2.30. The van der Waals surface area contributed by atoms with Gasteiger partial charge in [0.2, 0.25) is 0 Å². The predicted octanol–water partition coefficient (Wildman–Crippen LogP) is 4.31. The van der Waals surface area contributed by atoms with Crippen molar-refractivity contribution in [3.63, 3.8) is 0 Å². The second kappa shape index (κ2) is 7.69. The molecule has 27 heavy (non-hydrogen) atoms. The Morgan fingerprint density at radius 1 is 1.30 bits per heavy atom. The number of nitrogens with one attached hydrogen (secondary N) is 1. The van der Waals surface area contributed by atoms with Crippen LogP contribution < -0.4 is 4.74 Å². The van der Waals surface area contributed by atoms with Crippen molar-refractivity contribution in [3.05, 3.63) is 59.2 Å². The van der Waals surface area contributed by atoms with Crippen LogP contribution in [-0.4, -0.2) is 42.1 Å². The number of halogens is 1. The van der Waals surface area contributed by atoms with Crippen LogP contribution in [0.15, 0.2) is 36.7 Å². The van der Waals surface area contributed by atoms with E-state index in [0.29, 0.717) is 0 Å². The normalized spacial score (nSPS) is 16.7. The smallest absolute Gasteiger partial charge is 0.127 e. The average Bonchev–Trinajstić information content (AvgIpc) is 3.14. The summed E-state index contributed by atoms with van der Waals surface area (Å²) in [5.74, 6) is 0.962. The zero-order valence-corrected chi connectivity index (χ0v) is 16.0. The molecule has 0 bridgehead atoms. The van der Waals surface area contributed by atoms with Crippen molar-refractivity contribution in [1.82, 2.24) is 14.9 Å². The summed E-state index contributed by atoms with van der Waals surface area (Å²) in [6, 6.07) is 9.66. The maximum absolute atomic E-state index is 14.6. The van der Waals surface area contributed by atoms with Crippen molar-refractivity contribution >= 4 is 11.0 Å². The molecule has 1 aliphatic carbocycles. The summed E-state index contributed by atoms with van der Waals surface area (Å²) >= 11 is 0. The number of rotatable bonds is 6. The van der Waals surface area contributed by atoms with E-state index in [9.17, 15) is 4.39 Å². The predicted molar refractivity (Wildman–Crippen MR) is 106 cm³/mol. The first-order valence-corrected chi connectivity index (χ1v) is 9.61. The van der Waals surface area contributed by atoms with Crippen LogP contribution in [0, 0.1) is 5.82 Å². The van der Waals surface area contributed by atoms with Gasteiger partial charge in [0.1, 0.15) is 11.6 Å². The largest absolute Gasteiger partial charge is 0.496 e. The topological polar surface area (TPSA) is 41.1 Å². The van der Waals surface area contributed by atoms with Gasteiger partial charge in [-0.2, -0.15) is 0 Å². The Morgan fingerprint density at radius 3 is 3.04 bits per heavy atom. The van der Waals surface area contributed by atoms with Crippen molar-refractivity contribution in [3.8, 4) is 5.75 Å². The van der Waals surface area contributed by atoms with Gasteiger partial charge in [-0.15, -0.1) is 0 Å². The molecule has 1 N–H and O–H groups in total. The molecule has 3 aromatic rings. The highest BCUT2D eigenvalue weighted by Crippen LogP contribution is 2.38. The quantitative estimate of drug-likeness (QED) is 0.706. The van der Waals surface area contributed by atoms with Gasteiger partial charge >= 0.3 is 0 Å². The standard InChI is InChI=1S/C22H26FN3O/c1-26(11-10-15-6-8-19-20(12-15)25-14-24-19)13-16-4-3-5-17-21(27-2)9-7-18(23)22(16)17/h6-9,12,14,16H,3-5,10-11,13H2,1-2H3,(H,24,25). The van der Waals surface area contributed by atoms with Gasteiger partial charge in [-0.25, -0.2) is 9.37 Å². The molecule has 0 aliphatic heterocycles. The Kier molecular flexibility index (Phi) is 5.12. The minimum atomic E-state index is -0.0893. The molecule has 4 nitrogen and oxygen atoms in total. The number of fused-ring (bicyclic) bond motifs is 2. The summed E-state index contributed by atoms with van der Waals surface area (Å²) in [6.07, 6.45) is 5.71. The highest BCUT2D eigenvalue weighted by atomic mass is 19.1. The van der Waals surface area contributed by atoms with E-state index in [-0.39, 0.29) is 11.7 Å². The van der Waals surface area contributed by atoms with Crippen LogP contribution in [0.1, 0.15) is 35.4 Å². The first-order chi connectivity index (χ1) is 13.2. The maximum Gasteiger partial charge on any atom is 0.127 e. The van der Waals surface area contributed by atoms with E-state index in [1.54, 1.807) is 25.6 Å². The van der Waals surface area contributed by atoms with E-state index in [1.807, 2.05) is 0 Å². The lowest BCUT2D eigenvalue weighted by atomic mass is 9.81. The molecule has 1 heterocycles. The van der Waals surface area contributed by atoms with E-state index in [0.717, 1.165) is 66.7 Å². The number of H-pyrrole nitrogens is 1. The summed E-state index contributed by atoms with van der Waals surface area (Å²) in [7, 11) is 3.79. The van der Waals surface area contributed by atoms with Crippen molar-refractivity contribution in [2.45, 2.75) is 31.6 Å². The molecular formula is C22H26FN3O. The highest BCUT2D eigenvalue weighted by Gasteiger charge is 2.27. The van der Waals surface area contributed by atoms with Crippen LogP contribution in [-0.2, 0) is 12.8 Å². The van der Waals surface area contributed by atoms with Crippen LogP contribution in [0.3, 0.4) is 0 Å². The molecule has 142 valence electrons. The summed E-state index contributed by atoms with van der Waals surface area (Å²) in [5.41, 5.74) is 5.29. The fraction of sp³-hybridized carbons (Fsp3) is 0.409. The molecule has 2 aromatic carbocycles. The first kappa shape index (κ1) is 18.0. The van der Waals surface area contributed by atoms with E-state index in [2.05, 4.69) is 40.1 Å². The van der Waals surface area contributed by atoms with Crippen molar-refractivity contribution in [2.75, 3.05) is 27.2 Å². The first-order valence-electron chi connectivity index (χ1n) is 9.61. The molecule has 1 unspecified atom stereocenters. The van der Waals surface area contributed by atoms with Crippen molar-refractivity contribution in [1.29, 1.82) is 0 Å². The van der Waals surface area contributed by atoms with Gasteiger partial charge in [0, 0.05) is 18.7 Å². The number of benzene rings is 2. The molecule has 1 aliphatic rings. The average molecular weight is 367 g/mol. The highest BCUT2D eigenvalue weighted by molar-refractivity contribution is 5.75. The molecule has 0 saturated heterocycles. The fourth-order valence-electron chi connectivity index (χ4n) is 4.28. The lowest BCUT2D eigenvalue weighted by molar-refractivity contribution is 0.295. The van der Waals surface area contributed by atoms with E-state index in [1.165, 1.54) is 5.56 Å². The van der Waals surface area contributed by atoms with Crippen LogP contribution in [0.25, 0.3) is 11.0 Å². The molecule has 5 heteroatoms. The van der Waals surface area contributed by atoms with E-state index < -0.39 is 0 Å². The Morgan fingerprint density at radius 2 is 2.19 bits per heavy atom. The number of aromatic amines is 1. The summed E-state index contributed by atoms with van der Waals surface area (Å²) in [6.45, 7) is 1.81. The maximum atomic E-state index is 14.6. The molecule has 4 rings (SSSR count). The summed E-state index contributed by atoms with van der Waals surface area (Å²) in [4.78, 5) is 9.74. The van der Waals surface area contributed by atoms with Gasteiger partial charge in [-0.1, -0.05) is 6.07 Å². The number of methoxy groups -OCH3 is 1. The van der Waals surface area contributed by atoms with Crippen LogP contribution >= 0.6 is 0 Å². The number of hydrogen-bond donors (Lipinski definition) is 1. The van der Waals surface area contributed by atoms with Gasteiger partial charge in [0.25, 0.3) is 0 Å². The van der Waals surface area contributed by atoms with Gasteiger partial charge in [-0.05, 0) is 74.0 Å². The molecule has 1 atom stereocenters. The molecule has 0 spiro atoms. The minimum Gasteiger partial charge on any atom is -0.496 e. The monoisotopic (exact) mass is 367 g/mol. The zero-order chi connectivity index (χ0) is 18.8. The molecule has 0 amide bonds. The van der Waals surface area contributed by atoms with E-state index >= 15 is 0 Å². The molecule has 0 radical (unpaired) electrons. The summed E-state index contributed by atoms with van der Waals surface area (Å²) < 4.78 is 20.0. The number of ether oxygens (including phenoxy) is 1. The van der Waals surface area contributed by atoms with Crippen molar-refractivity contribution in [2.24, 2.45) is 0 Å². The van der Waals surface area contributed by atoms with Crippen LogP contribution in [0.4, 0.5) is 4.39 Å². The third-order valence-corrected chi connectivity index (χ3v) is 5.67. The number of imidazole rings is 1. The second-order valence-corrected chi connectivity index (χ2v) is 7.50. The Labute approximate surface area is 159 Å². The molecular weight excluding hydrogens is 341 g/mol. The van der Waals surface area contributed by atoms with Crippen LogP contribution in [0.5, 0.6) is 5.75 Å². The Balaban J connectivity index is 1.43. The fourth-order valence-corrected chi connectivity index (χ4v) is 4.28. The Bertz CT molecular complexity index is 936. The van der Waals surface area contributed by atoms with Gasteiger partial charge in [0.15, 0.2) is 0 Å². The Hall–Kier alpha value is -2.40. The number of nitrogens with zero attached hydrogens (tertiary/aromatic N) is 2. The number of likely N-dealkylation sites (N-methyl/N-ethyl adjacent to an activating group) is 1. The van der Waals surface area contributed by atoms with Gasteiger partial charge in [-0.3, -0.25) is 0 Å². The minimum absolute atomic E-state index is 0.0893. The molecule has 0 fully saturated rings. The van der Waals surface area contributed by atoms with Gasteiger partial charge in [0.05, 0.1) is 24.5 Å². The second-order valence-electron chi connectivity index (χ2n) is 7.50. The SMILES string of the molecule is COc1ccc(F)c2c1CCCC2CN(C)CCc1ccc2nc[nH]c2c1. The number of hydrogen-bond acceptors (Lipinski definition) is 3. The van der Waals surface area contributed by atoms with Crippen LogP contribution in [0.2, 0.25) is 0 Å². The van der Waals surface area contributed by atoms with Gasteiger partial charge < -0.3 is 14.6 Å². The molecule has 0 saturated carbocycles. The van der Waals surface area contributed by atoms with Crippen molar-refractivity contribution < 1.29 is 9.13 Å². The zero-order valence-electron chi connectivity index (χ0n) is 16.0. The third-order valence-electron chi connectivity index (χ3n) is 5.67. The third kappa shape index (κ3) is 3.69. The lowest BCUT2D eigenvalue weighted by Crippen LogP contribution is -2.29. The van der Waals surface area contributed by atoms with E-state index in [4.69, 9.17) is 4.74 Å². The molecule has 1 aromatic heterocycles. The summed E-state index contributed by atoms with van der Waals surface area (Å²) in [5, 5.41) is 0. The number of aromatic nitrogens is 2.